The van der Waals surface area contributed by atoms with E-state index in [2.05, 4.69) is 39.3 Å². The van der Waals surface area contributed by atoms with E-state index in [1.54, 1.807) is 6.07 Å². The topological polar surface area (TPSA) is 63.5 Å². The fourth-order valence-corrected chi connectivity index (χ4v) is 5.92. The normalized spacial score (nSPS) is 20.4. The fourth-order valence-electron chi connectivity index (χ4n) is 5.02. The molecule has 6 nitrogen and oxygen atoms in total. The Morgan fingerprint density at radius 1 is 1.09 bits per heavy atom. The van der Waals surface area contributed by atoms with Crippen molar-refractivity contribution in [2.45, 2.75) is 31.7 Å². The monoisotopic (exact) mass is 490 g/mol. The highest BCUT2D eigenvalue weighted by atomic mass is 32.2. The number of nitrogens with zero attached hydrogens (tertiary/aromatic N) is 4. The van der Waals surface area contributed by atoms with Crippen LogP contribution in [0.3, 0.4) is 0 Å². The van der Waals surface area contributed by atoms with Gasteiger partial charge in [-0.1, -0.05) is 18.6 Å². The fraction of sp³-hybridized carbons (Fsp3) is 0.407. The molecule has 0 unspecified atom stereocenters. The second-order valence-corrected chi connectivity index (χ2v) is 10.6. The van der Waals surface area contributed by atoms with Gasteiger partial charge in [0, 0.05) is 54.5 Å². The summed E-state index contributed by atoms with van der Waals surface area (Å²) in [6.07, 6.45) is 4.48. The van der Waals surface area contributed by atoms with Gasteiger partial charge in [-0.05, 0) is 55.5 Å². The quantitative estimate of drug-likeness (QED) is 0.433. The van der Waals surface area contributed by atoms with Gasteiger partial charge in [0.15, 0.2) is 0 Å². The molecule has 1 saturated carbocycles. The van der Waals surface area contributed by atoms with Crippen LogP contribution in [0.25, 0.3) is 21.8 Å². The van der Waals surface area contributed by atoms with Crippen molar-refractivity contribution in [2.24, 2.45) is 11.7 Å². The lowest BCUT2D eigenvalue weighted by molar-refractivity contribution is 0.335. The van der Waals surface area contributed by atoms with E-state index >= 15 is 0 Å². The van der Waals surface area contributed by atoms with Gasteiger partial charge in [-0.2, -0.15) is 11.8 Å². The number of anilines is 2. The highest BCUT2D eigenvalue weighted by Gasteiger charge is 2.20. The molecule has 1 saturated heterocycles. The van der Waals surface area contributed by atoms with Crippen LogP contribution in [0.5, 0.6) is 0 Å². The second-order valence-electron chi connectivity index (χ2n) is 9.39. The first-order valence-corrected chi connectivity index (χ1v) is 13.5. The molecule has 182 valence electrons. The maximum atomic E-state index is 14.5. The zero-order chi connectivity index (χ0) is 24.2. The van der Waals surface area contributed by atoms with Crippen LogP contribution >= 0.6 is 11.8 Å². The molecule has 3 aromatic rings. The van der Waals surface area contributed by atoms with Crippen LogP contribution in [0.15, 0.2) is 48.5 Å². The molecule has 1 aliphatic carbocycles. The van der Waals surface area contributed by atoms with Gasteiger partial charge in [-0.25, -0.2) is 13.9 Å². The Kier molecular flexibility index (Phi) is 7.26. The van der Waals surface area contributed by atoms with Gasteiger partial charge in [0.2, 0.25) is 5.69 Å². The number of aromatic nitrogens is 2. The van der Waals surface area contributed by atoms with E-state index in [1.165, 1.54) is 30.7 Å². The molecule has 5 rings (SSSR count). The van der Waals surface area contributed by atoms with Crippen molar-refractivity contribution in [3.05, 3.63) is 65.8 Å². The zero-order valence-electron chi connectivity index (χ0n) is 19.8. The molecule has 1 aromatic heterocycles. The Labute approximate surface area is 210 Å². The third kappa shape index (κ3) is 5.47. The summed E-state index contributed by atoms with van der Waals surface area (Å²) in [4.78, 5) is 5.66. The van der Waals surface area contributed by atoms with Gasteiger partial charge < -0.3 is 16.0 Å². The van der Waals surface area contributed by atoms with Crippen LogP contribution in [0, 0.1) is 18.3 Å². The standard InChI is InChI=1S/C27H31FN6S/c1-30-25-10-5-20(16-24(25)28)26-17-27(31-18-19-3-2-4-21(29)15-19)32-34(26)23-8-6-22(7-9-23)33-11-13-35-14-12-33/h5-10,16-17,19,21H,2-4,11-15,18,29H2,(H,31,32)/t19-,21-/m0/s1. The highest BCUT2D eigenvalue weighted by Crippen LogP contribution is 2.31. The van der Waals surface area contributed by atoms with Crippen LogP contribution in [0.1, 0.15) is 25.7 Å². The lowest BCUT2D eigenvalue weighted by Crippen LogP contribution is -2.32. The highest BCUT2D eigenvalue weighted by molar-refractivity contribution is 7.99. The third-order valence-electron chi connectivity index (χ3n) is 6.94. The Balaban J connectivity index is 1.43. The predicted molar refractivity (Wildman–Crippen MR) is 143 cm³/mol. The minimum atomic E-state index is -0.519. The molecule has 1 aliphatic heterocycles. The number of hydrogen-bond donors (Lipinski definition) is 2. The molecule has 0 radical (unpaired) electrons. The minimum Gasteiger partial charge on any atom is -0.370 e. The van der Waals surface area contributed by atoms with Gasteiger partial charge in [-0.15, -0.1) is 5.10 Å². The Bertz CT molecular complexity index is 1200. The van der Waals surface area contributed by atoms with Crippen LogP contribution in [0.4, 0.5) is 21.6 Å². The first-order valence-electron chi connectivity index (χ1n) is 12.3. The molecule has 0 amide bonds. The van der Waals surface area contributed by atoms with Crippen LogP contribution in [0.2, 0.25) is 0 Å². The van der Waals surface area contributed by atoms with E-state index in [9.17, 15) is 4.39 Å². The van der Waals surface area contributed by atoms with Gasteiger partial charge >= 0.3 is 0 Å². The maximum absolute atomic E-state index is 14.5. The molecule has 2 aliphatic rings. The van der Waals surface area contributed by atoms with Crippen molar-refractivity contribution in [2.75, 3.05) is 41.4 Å². The van der Waals surface area contributed by atoms with Crippen molar-refractivity contribution in [1.29, 1.82) is 0 Å². The Morgan fingerprint density at radius 2 is 1.86 bits per heavy atom. The molecular weight excluding hydrogens is 459 g/mol. The molecule has 8 heteroatoms. The predicted octanol–water partition coefficient (Wildman–Crippen LogP) is 5.71. The van der Waals surface area contributed by atoms with Crippen molar-refractivity contribution in [1.82, 2.24) is 9.78 Å². The van der Waals surface area contributed by atoms with Gasteiger partial charge in [-0.3, -0.25) is 0 Å². The summed E-state index contributed by atoms with van der Waals surface area (Å²) in [6.45, 7) is 10.1. The van der Waals surface area contributed by atoms with E-state index in [0.717, 1.165) is 61.2 Å². The first-order chi connectivity index (χ1) is 17.1. The SMILES string of the molecule is [C-]#[N+]c1ccc(-c2cc(NC[C@H]3CCC[C@H](N)C3)nn2-c2ccc(N3CCSCC3)cc2)cc1F. The van der Waals surface area contributed by atoms with E-state index in [0.29, 0.717) is 11.5 Å². The third-order valence-corrected chi connectivity index (χ3v) is 7.88. The summed E-state index contributed by atoms with van der Waals surface area (Å²) in [5, 5.41) is 8.34. The van der Waals surface area contributed by atoms with E-state index in [1.807, 2.05) is 22.5 Å². The number of nitrogens with one attached hydrogen (secondary N) is 1. The van der Waals surface area contributed by atoms with E-state index in [-0.39, 0.29) is 11.7 Å². The molecule has 35 heavy (non-hydrogen) atoms. The molecule has 0 spiro atoms. The van der Waals surface area contributed by atoms with Crippen LogP contribution in [-0.4, -0.2) is 47.0 Å². The van der Waals surface area contributed by atoms with Crippen LogP contribution < -0.4 is 16.0 Å². The number of thioether (sulfide) groups is 1. The first kappa shape index (κ1) is 23.7. The van der Waals surface area contributed by atoms with Crippen molar-refractivity contribution in [3.63, 3.8) is 0 Å². The zero-order valence-corrected chi connectivity index (χ0v) is 20.6. The minimum absolute atomic E-state index is 0.0239. The lowest BCUT2D eigenvalue weighted by atomic mass is 9.86. The molecular formula is C27H31FN6S. The number of halogens is 1. The molecule has 0 bridgehead atoms. The largest absolute Gasteiger partial charge is 0.370 e. The lowest BCUT2D eigenvalue weighted by Gasteiger charge is -2.28. The van der Waals surface area contributed by atoms with Crippen LogP contribution in [-0.2, 0) is 0 Å². The summed E-state index contributed by atoms with van der Waals surface area (Å²) in [5.41, 5.74) is 9.79. The smallest absolute Gasteiger partial charge is 0.222 e. The van der Waals surface area contributed by atoms with Crippen molar-refractivity contribution in [3.8, 4) is 16.9 Å². The molecule has 2 aromatic carbocycles. The Hall–Kier alpha value is -3.02. The van der Waals surface area contributed by atoms with E-state index < -0.39 is 5.82 Å². The average Bonchev–Trinajstić information content (AvgIpc) is 3.32. The van der Waals surface area contributed by atoms with Crippen molar-refractivity contribution >= 4 is 29.0 Å². The summed E-state index contributed by atoms with van der Waals surface area (Å²) in [6, 6.07) is 15.4. The molecule has 3 N–H and O–H groups in total. The molecule has 2 fully saturated rings. The summed E-state index contributed by atoms with van der Waals surface area (Å²) in [5.74, 6) is 3.07. The number of rotatable bonds is 6. The molecule has 2 atom stereocenters. The van der Waals surface area contributed by atoms with Gasteiger partial charge in [0.05, 0.1) is 18.0 Å². The number of benzene rings is 2. The van der Waals surface area contributed by atoms with Gasteiger partial charge in [0.1, 0.15) is 11.6 Å². The summed E-state index contributed by atoms with van der Waals surface area (Å²) >= 11 is 2.00. The summed E-state index contributed by atoms with van der Waals surface area (Å²) in [7, 11) is 0. The Morgan fingerprint density at radius 3 is 2.57 bits per heavy atom. The second kappa shape index (κ2) is 10.7. The maximum Gasteiger partial charge on any atom is 0.222 e. The average molecular weight is 491 g/mol. The van der Waals surface area contributed by atoms with Crippen molar-refractivity contribution < 1.29 is 4.39 Å². The van der Waals surface area contributed by atoms with E-state index in [4.69, 9.17) is 17.4 Å². The summed E-state index contributed by atoms with van der Waals surface area (Å²) < 4.78 is 16.3. The number of hydrogen-bond acceptors (Lipinski definition) is 5. The van der Waals surface area contributed by atoms with Gasteiger partial charge in [0.25, 0.3) is 0 Å². The molecule has 2 heterocycles. The number of nitrogens with two attached hydrogens (primary N) is 1.